The highest BCUT2D eigenvalue weighted by molar-refractivity contribution is 5.92. The van der Waals surface area contributed by atoms with Gasteiger partial charge in [-0.3, -0.25) is 4.79 Å². The lowest BCUT2D eigenvalue weighted by Gasteiger charge is -2.33. The first-order valence-corrected chi connectivity index (χ1v) is 8.88. The number of nitrogens with one attached hydrogen (secondary N) is 1. The van der Waals surface area contributed by atoms with Gasteiger partial charge in [-0.25, -0.2) is 9.97 Å². The highest BCUT2D eigenvalue weighted by atomic mass is 16.5. The first-order chi connectivity index (χ1) is 11.7. The molecule has 3 rings (SSSR count). The predicted molar refractivity (Wildman–Crippen MR) is 92.3 cm³/mol. The number of aromatic nitrogens is 2. The summed E-state index contributed by atoms with van der Waals surface area (Å²) in [6, 6.07) is 1.77. The summed E-state index contributed by atoms with van der Waals surface area (Å²) in [5.74, 6) is 0.512. The van der Waals surface area contributed by atoms with Gasteiger partial charge in [-0.15, -0.1) is 0 Å². The molecule has 1 aromatic heterocycles. The summed E-state index contributed by atoms with van der Waals surface area (Å²) in [5, 5.41) is 3.22. The number of ether oxygens (including phenoxy) is 1. The molecule has 1 atom stereocenters. The van der Waals surface area contributed by atoms with Crippen LogP contribution in [0.2, 0.25) is 0 Å². The second-order valence-electron chi connectivity index (χ2n) is 6.46. The predicted octanol–water partition coefficient (Wildman–Crippen LogP) is 1.15. The third kappa shape index (κ3) is 4.21. The normalized spacial score (nSPS) is 21.9. The zero-order valence-electron chi connectivity index (χ0n) is 14.6. The fourth-order valence-corrected chi connectivity index (χ4v) is 3.20. The summed E-state index contributed by atoms with van der Waals surface area (Å²) in [6.07, 6.45) is 2.39. The third-order valence-electron chi connectivity index (χ3n) is 4.69. The molecule has 1 unspecified atom stereocenters. The molecule has 2 aliphatic rings. The summed E-state index contributed by atoms with van der Waals surface area (Å²) in [4.78, 5) is 25.8. The van der Waals surface area contributed by atoms with Crippen LogP contribution in [-0.2, 0) is 4.74 Å². The number of hydrogen-bond acceptors (Lipinski definition) is 6. The smallest absolute Gasteiger partial charge is 0.272 e. The number of likely N-dealkylation sites (N-methyl/N-ethyl adjacent to an activating group) is 1. The maximum absolute atomic E-state index is 12.7. The van der Waals surface area contributed by atoms with Crippen molar-refractivity contribution in [2.45, 2.75) is 32.8 Å². The van der Waals surface area contributed by atoms with Crippen molar-refractivity contribution < 1.29 is 9.53 Å². The van der Waals surface area contributed by atoms with E-state index in [1.165, 1.54) is 0 Å². The standard InChI is InChI=1S/C17H27N5O2/c1-3-21-6-8-22(9-7-21)16(23)15-11-13(2)19-17(20-15)18-12-14-5-4-10-24-14/h11,14H,3-10,12H2,1-2H3,(H,18,19,20). The molecule has 2 saturated heterocycles. The minimum absolute atomic E-state index is 0.00332. The van der Waals surface area contributed by atoms with E-state index >= 15 is 0 Å². The van der Waals surface area contributed by atoms with Gasteiger partial charge in [-0.05, 0) is 32.4 Å². The van der Waals surface area contributed by atoms with Crippen LogP contribution >= 0.6 is 0 Å². The van der Waals surface area contributed by atoms with Crippen LogP contribution in [0.3, 0.4) is 0 Å². The second kappa shape index (κ2) is 7.90. The molecular weight excluding hydrogens is 306 g/mol. The monoisotopic (exact) mass is 333 g/mol. The third-order valence-corrected chi connectivity index (χ3v) is 4.69. The van der Waals surface area contributed by atoms with Gasteiger partial charge in [0.15, 0.2) is 0 Å². The van der Waals surface area contributed by atoms with Gasteiger partial charge < -0.3 is 19.9 Å². The number of carbonyl (C=O) groups excluding carboxylic acids is 1. The Hall–Kier alpha value is -1.73. The molecule has 0 aliphatic carbocycles. The van der Waals surface area contributed by atoms with Crippen LogP contribution in [0, 0.1) is 6.92 Å². The average Bonchev–Trinajstić information content (AvgIpc) is 3.12. The summed E-state index contributed by atoms with van der Waals surface area (Å²) in [5.41, 5.74) is 1.28. The van der Waals surface area contributed by atoms with Gasteiger partial charge in [-0.2, -0.15) is 0 Å². The minimum Gasteiger partial charge on any atom is -0.376 e. The summed E-state index contributed by atoms with van der Waals surface area (Å²) < 4.78 is 5.60. The number of anilines is 1. The van der Waals surface area contributed by atoms with E-state index < -0.39 is 0 Å². The molecule has 0 radical (unpaired) electrons. The SMILES string of the molecule is CCN1CCN(C(=O)c2cc(C)nc(NCC3CCCO3)n2)CC1. The van der Waals surface area contributed by atoms with E-state index in [2.05, 4.69) is 27.1 Å². The average molecular weight is 333 g/mol. The molecule has 0 saturated carbocycles. The van der Waals surface area contributed by atoms with Gasteiger partial charge in [0.05, 0.1) is 6.10 Å². The van der Waals surface area contributed by atoms with Crippen LogP contribution in [-0.4, -0.2) is 77.7 Å². The van der Waals surface area contributed by atoms with Crippen molar-refractivity contribution in [2.24, 2.45) is 0 Å². The Morgan fingerprint density at radius 1 is 1.33 bits per heavy atom. The van der Waals surface area contributed by atoms with E-state index in [-0.39, 0.29) is 12.0 Å². The summed E-state index contributed by atoms with van der Waals surface area (Å²) in [6.45, 7) is 9.96. The first-order valence-electron chi connectivity index (χ1n) is 8.88. The number of piperazine rings is 1. The molecule has 1 aromatic rings. The van der Waals surface area contributed by atoms with Crippen LogP contribution in [0.1, 0.15) is 35.9 Å². The highest BCUT2D eigenvalue weighted by Gasteiger charge is 2.23. The van der Waals surface area contributed by atoms with Crippen molar-refractivity contribution in [1.29, 1.82) is 0 Å². The Balaban J connectivity index is 1.63. The van der Waals surface area contributed by atoms with E-state index in [4.69, 9.17) is 4.74 Å². The van der Waals surface area contributed by atoms with E-state index in [0.29, 0.717) is 18.2 Å². The van der Waals surface area contributed by atoms with Crippen molar-refractivity contribution in [3.63, 3.8) is 0 Å². The number of nitrogens with zero attached hydrogens (tertiary/aromatic N) is 4. The molecule has 1 amide bonds. The number of rotatable bonds is 5. The topological polar surface area (TPSA) is 70.6 Å². The number of amides is 1. The Labute approximate surface area is 143 Å². The number of hydrogen-bond donors (Lipinski definition) is 1. The van der Waals surface area contributed by atoms with Crippen molar-refractivity contribution in [3.8, 4) is 0 Å². The number of aryl methyl sites for hydroxylation is 1. The van der Waals surface area contributed by atoms with Gasteiger partial charge in [0.2, 0.25) is 5.95 Å². The van der Waals surface area contributed by atoms with E-state index in [0.717, 1.165) is 57.9 Å². The minimum atomic E-state index is -0.00332. The Morgan fingerprint density at radius 3 is 2.79 bits per heavy atom. The fraction of sp³-hybridized carbons (Fsp3) is 0.706. The molecule has 7 nitrogen and oxygen atoms in total. The van der Waals surface area contributed by atoms with Gasteiger partial charge in [0.1, 0.15) is 5.69 Å². The van der Waals surface area contributed by atoms with Crippen LogP contribution in [0.25, 0.3) is 0 Å². The first kappa shape index (κ1) is 17.1. The van der Waals surface area contributed by atoms with Crippen molar-refractivity contribution in [2.75, 3.05) is 51.2 Å². The molecule has 1 N–H and O–H groups in total. The molecule has 3 heterocycles. The summed E-state index contributed by atoms with van der Waals surface area (Å²) >= 11 is 0. The molecule has 7 heteroatoms. The zero-order chi connectivity index (χ0) is 16.9. The molecule has 24 heavy (non-hydrogen) atoms. The molecule has 2 fully saturated rings. The van der Waals surface area contributed by atoms with Crippen LogP contribution in [0.15, 0.2) is 6.07 Å². The summed E-state index contributed by atoms with van der Waals surface area (Å²) in [7, 11) is 0. The van der Waals surface area contributed by atoms with Gasteiger partial charge >= 0.3 is 0 Å². The van der Waals surface area contributed by atoms with Crippen LogP contribution in [0.4, 0.5) is 5.95 Å². The lowest BCUT2D eigenvalue weighted by atomic mass is 10.2. The maximum atomic E-state index is 12.7. The maximum Gasteiger partial charge on any atom is 0.272 e. The lowest BCUT2D eigenvalue weighted by Crippen LogP contribution is -2.48. The van der Waals surface area contributed by atoms with Crippen molar-refractivity contribution >= 4 is 11.9 Å². The van der Waals surface area contributed by atoms with Gasteiger partial charge in [0.25, 0.3) is 5.91 Å². The van der Waals surface area contributed by atoms with E-state index in [9.17, 15) is 4.79 Å². The molecule has 132 valence electrons. The quantitative estimate of drug-likeness (QED) is 0.872. The van der Waals surface area contributed by atoms with Gasteiger partial charge in [0, 0.05) is 45.0 Å². The Morgan fingerprint density at radius 2 is 2.12 bits per heavy atom. The van der Waals surface area contributed by atoms with E-state index in [1.807, 2.05) is 11.8 Å². The fourth-order valence-electron chi connectivity index (χ4n) is 3.20. The highest BCUT2D eigenvalue weighted by Crippen LogP contribution is 2.14. The number of carbonyl (C=O) groups is 1. The van der Waals surface area contributed by atoms with Gasteiger partial charge in [-0.1, -0.05) is 6.92 Å². The Kier molecular flexibility index (Phi) is 5.63. The lowest BCUT2D eigenvalue weighted by molar-refractivity contribution is 0.0637. The second-order valence-corrected chi connectivity index (χ2v) is 6.46. The van der Waals surface area contributed by atoms with Crippen LogP contribution in [0.5, 0.6) is 0 Å². The molecule has 0 bridgehead atoms. The van der Waals surface area contributed by atoms with E-state index in [1.54, 1.807) is 6.07 Å². The van der Waals surface area contributed by atoms with Crippen molar-refractivity contribution in [1.82, 2.24) is 19.8 Å². The Bertz CT molecular complexity index is 566. The molecule has 0 aromatic carbocycles. The van der Waals surface area contributed by atoms with Crippen molar-refractivity contribution in [3.05, 3.63) is 17.5 Å². The zero-order valence-corrected chi connectivity index (χ0v) is 14.6. The molecule has 0 spiro atoms. The molecular formula is C17H27N5O2. The van der Waals surface area contributed by atoms with Crippen LogP contribution < -0.4 is 5.32 Å². The molecule has 2 aliphatic heterocycles. The largest absolute Gasteiger partial charge is 0.376 e.